The van der Waals surface area contributed by atoms with Gasteiger partial charge in [0.15, 0.2) is 0 Å². The normalized spacial score (nSPS) is 14.2. The minimum atomic E-state index is -0.148. The molecule has 0 bridgehead atoms. The van der Waals surface area contributed by atoms with Crippen LogP contribution in [0.1, 0.15) is 61.6 Å². The summed E-state index contributed by atoms with van der Waals surface area (Å²) in [5.41, 5.74) is 4.83. The van der Waals surface area contributed by atoms with Crippen LogP contribution in [0.3, 0.4) is 0 Å². The number of rotatable bonds is 4. The topological polar surface area (TPSA) is 65.2 Å². The van der Waals surface area contributed by atoms with Gasteiger partial charge in [0.1, 0.15) is 0 Å². The molecule has 1 saturated heterocycles. The lowest BCUT2D eigenvalue weighted by atomic mass is 10.1. The Morgan fingerprint density at radius 1 is 1.10 bits per heavy atom. The number of allylic oxidation sites excluding steroid dienone is 1. The Morgan fingerprint density at radius 2 is 1.84 bits per heavy atom. The quantitative estimate of drug-likeness (QED) is 0.475. The van der Waals surface area contributed by atoms with Gasteiger partial charge in [0, 0.05) is 34.9 Å². The zero-order chi connectivity index (χ0) is 22.4. The number of aryl methyl sites for hydroxylation is 1. The first-order valence-corrected chi connectivity index (χ1v) is 11.9. The number of nitrogens with zero attached hydrogens (tertiary/aromatic N) is 1. The van der Waals surface area contributed by atoms with Crippen molar-refractivity contribution in [2.24, 2.45) is 0 Å². The van der Waals surface area contributed by atoms with Crippen LogP contribution in [0.2, 0.25) is 0 Å². The molecule has 0 saturated carbocycles. The number of amides is 2. The van der Waals surface area contributed by atoms with E-state index in [1.807, 2.05) is 73.7 Å². The highest BCUT2D eigenvalue weighted by Crippen LogP contribution is 2.26. The van der Waals surface area contributed by atoms with Crippen LogP contribution in [0.5, 0.6) is 0 Å². The van der Waals surface area contributed by atoms with Crippen molar-refractivity contribution in [2.45, 2.75) is 47.0 Å². The fourth-order valence-corrected chi connectivity index (χ4v) is 4.56. The lowest BCUT2D eigenvalue weighted by Gasteiger charge is -2.26. The number of carbonyl (C=O) groups is 2. The third kappa shape index (κ3) is 5.07. The molecule has 164 valence electrons. The average molecular weight is 438 g/mol. The van der Waals surface area contributed by atoms with Crippen LogP contribution in [0.15, 0.2) is 41.1 Å². The number of hydrogen-bond donors (Lipinski definition) is 2. The molecule has 3 heterocycles. The van der Waals surface area contributed by atoms with Gasteiger partial charge in [-0.3, -0.25) is 9.59 Å². The number of likely N-dealkylation sites (tertiary alicyclic amines) is 1. The van der Waals surface area contributed by atoms with Crippen molar-refractivity contribution < 1.29 is 9.59 Å². The van der Waals surface area contributed by atoms with Gasteiger partial charge in [-0.05, 0) is 68.3 Å². The molecule has 5 nitrogen and oxygen atoms in total. The van der Waals surface area contributed by atoms with Crippen LogP contribution in [0.4, 0.5) is 5.69 Å². The minimum absolute atomic E-state index is 0.0892. The molecule has 1 fully saturated rings. The number of fused-ring (bicyclic) bond motifs is 1. The minimum Gasteiger partial charge on any atom is -0.354 e. The summed E-state index contributed by atoms with van der Waals surface area (Å²) in [6.07, 6.45) is 5.15. The maximum Gasteiger partial charge on any atom is 0.257 e. The highest BCUT2D eigenvalue weighted by atomic mass is 32.1. The largest absolute Gasteiger partial charge is 0.354 e. The summed E-state index contributed by atoms with van der Waals surface area (Å²) < 4.78 is 0. The van der Waals surface area contributed by atoms with Crippen molar-refractivity contribution in [1.82, 2.24) is 9.88 Å². The molecule has 2 aromatic heterocycles. The predicted molar refractivity (Wildman–Crippen MR) is 131 cm³/mol. The fourth-order valence-electron chi connectivity index (χ4n) is 3.78. The Morgan fingerprint density at radius 3 is 2.48 bits per heavy atom. The molecular weight excluding hydrogens is 406 g/mol. The van der Waals surface area contributed by atoms with Crippen molar-refractivity contribution in [1.29, 1.82) is 0 Å². The lowest BCUT2D eigenvalue weighted by molar-refractivity contribution is -0.111. The average Bonchev–Trinajstić information content (AvgIpc) is 3.41. The van der Waals surface area contributed by atoms with E-state index in [1.165, 1.54) is 6.42 Å². The zero-order valence-corrected chi connectivity index (χ0v) is 19.6. The van der Waals surface area contributed by atoms with Gasteiger partial charge < -0.3 is 15.2 Å². The predicted octanol–water partition coefficient (Wildman–Crippen LogP) is 6.23. The van der Waals surface area contributed by atoms with Gasteiger partial charge in [-0.2, -0.15) is 0 Å². The smallest absolute Gasteiger partial charge is 0.257 e. The van der Waals surface area contributed by atoms with E-state index in [0.29, 0.717) is 11.1 Å². The Bertz CT molecular complexity index is 1090. The molecule has 3 aromatic rings. The van der Waals surface area contributed by atoms with E-state index in [4.69, 9.17) is 0 Å². The highest BCUT2D eigenvalue weighted by molar-refractivity contribution is 7.08. The number of anilines is 1. The van der Waals surface area contributed by atoms with Gasteiger partial charge in [-0.15, -0.1) is 11.3 Å². The highest BCUT2D eigenvalue weighted by Gasteiger charge is 2.19. The summed E-state index contributed by atoms with van der Waals surface area (Å²) >= 11 is 1.57. The van der Waals surface area contributed by atoms with Crippen LogP contribution in [-0.4, -0.2) is 34.8 Å². The number of aromatic amines is 1. The first kappa shape index (κ1) is 22.8. The van der Waals surface area contributed by atoms with E-state index in [2.05, 4.69) is 10.3 Å². The third-order valence-electron chi connectivity index (χ3n) is 5.44. The van der Waals surface area contributed by atoms with Gasteiger partial charge >= 0.3 is 0 Å². The van der Waals surface area contributed by atoms with Crippen LogP contribution >= 0.6 is 11.3 Å². The summed E-state index contributed by atoms with van der Waals surface area (Å²) in [6.45, 7) is 9.50. The van der Waals surface area contributed by atoms with Gasteiger partial charge in [-0.1, -0.05) is 19.9 Å². The van der Waals surface area contributed by atoms with Crippen molar-refractivity contribution in [3.05, 3.63) is 57.9 Å². The molecular formula is C25H31N3O2S. The molecule has 31 heavy (non-hydrogen) atoms. The molecule has 4 rings (SSSR count). The van der Waals surface area contributed by atoms with E-state index >= 15 is 0 Å². The second-order valence-corrected chi connectivity index (χ2v) is 8.21. The van der Waals surface area contributed by atoms with Crippen molar-refractivity contribution in [3.63, 3.8) is 0 Å². The number of carbonyl (C=O) groups excluding carboxylic acids is 2. The number of H-pyrrole nitrogens is 1. The van der Waals surface area contributed by atoms with E-state index in [1.54, 1.807) is 11.3 Å². The first-order chi connectivity index (χ1) is 15.1. The fraction of sp³-hybridized carbons (Fsp3) is 0.360. The molecule has 1 aliphatic heterocycles. The van der Waals surface area contributed by atoms with Gasteiger partial charge in [0.05, 0.1) is 17.0 Å². The van der Waals surface area contributed by atoms with Crippen molar-refractivity contribution >= 4 is 45.3 Å². The van der Waals surface area contributed by atoms with Gasteiger partial charge in [0.25, 0.3) is 11.8 Å². The van der Waals surface area contributed by atoms with E-state index < -0.39 is 0 Å². The number of thiophene rings is 1. The molecule has 0 radical (unpaired) electrons. The molecule has 2 amide bonds. The molecule has 0 aliphatic carbocycles. The van der Waals surface area contributed by atoms with E-state index in [-0.39, 0.29) is 11.8 Å². The SMILES string of the molecule is C/C=C(/C(=O)Nc1cscc1C)c1cc2cc(C(=O)N3CCCCC3)ccc2[nH]1.CC. The van der Waals surface area contributed by atoms with Crippen LogP contribution < -0.4 is 5.32 Å². The van der Waals surface area contributed by atoms with E-state index in [0.717, 1.165) is 53.8 Å². The second-order valence-electron chi connectivity index (χ2n) is 7.46. The Hall–Kier alpha value is -2.86. The van der Waals surface area contributed by atoms with Crippen LogP contribution in [-0.2, 0) is 4.79 Å². The molecule has 0 unspecified atom stereocenters. The van der Waals surface area contributed by atoms with Crippen LogP contribution in [0.25, 0.3) is 16.5 Å². The second kappa shape index (κ2) is 10.4. The van der Waals surface area contributed by atoms with Crippen molar-refractivity contribution in [3.8, 4) is 0 Å². The summed E-state index contributed by atoms with van der Waals surface area (Å²) in [7, 11) is 0. The maximum atomic E-state index is 12.8. The molecule has 1 aromatic carbocycles. The Labute approximate surface area is 188 Å². The zero-order valence-electron chi connectivity index (χ0n) is 18.7. The number of hydrogen-bond acceptors (Lipinski definition) is 3. The number of piperidine rings is 1. The standard InChI is InChI=1S/C23H25N3O2S.C2H6/c1-3-18(22(27)25-21-14-29-13-15(21)2)20-12-17-11-16(7-8-19(17)24-20)23(28)26-9-5-4-6-10-26;1-2/h3,7-8,11-14,24H,4-6,9-10H2,1-2H3,(H,25,27);1-2H3/b18-3+;. The van der Waals surface area contributed by atoms with Gasteiger partial charge in [-0.25, -0.2) is 0 Å². The molecule has 0 spiro atoms. The maximum absolute atomic E-state index is 12.8. The van der Waals surface area contributed by atoms with Crippen LogP contribution in [0, 0.1) is 6.92 Å². The number of benzene rings is 1. The molecule has 6 heteroatoms. The Balaban J connectivity index is 0.00000132. The van der Waals surface area contributed by atoms with E-state index in [9.17, 15) is 9.59 Å². The summed E-state index contributed by atoms with van der Waals surface area (Å²) in [4.78, 5) is 30.8. The Kier molecular flexibility index (Phi) is 7.69. The molecule has 2 N–H and O–H groups in total. The summed E-state index contributed by atoms with van der Waals surface area (Å²) in [6, 6.07) is 7.64. The third-order valence-corrected chi connectivity index (χ3v) is 6.30. The lowest BCUT2D eigenvalue weighted by Crippen LogP contribution is -2.35. The number of aromatic nitrogens is 1. The van der Waals surface area contributed by atoms with Gasteiger partial charge in [0.2, 0.25) is 0 Å². The first-order valence-electron chi connectivity index (χ1n) is 11.0. The number of nitrogens with one attached hydrogen (secondary N) is 2. The molecule has 0 atom stereocenters. The molecule has 1 aliphatic rings. The monoisotopic (exact) mass is 437 g/mol. The summed E-state index contributed by atoms with van der Waals surface area (Å²) in [5.74, 6) is -0.0588. The van der Waals surface area contributed by atoms with Crippen molar-refractivity contribution in [2.75, 3.05) is 18.4 Å². The summed E-state index contributed by atoms with van der Waals surface area (Å²) in [5, 5.41) is 7.85.